The van der Waals surface area contributed by atoms with Crippen LogP contribution in [0, 0.1) is 0 Å². The lowest BCUT2D eigenvalue weighted by Gasteiger charge is -2.18. The Bertz CT molecular complexity index is 1340. The van der Waals surface area contributed by atoms with Gasteiger partial charge >= 0.3 is 17.9 Å². The van der Waals surface area contributed by atoms with E-state index in [1.807, 2.05) is 6.08 Å². The van der Waals surface area contributed by atoms with Gasteiger partial charge in [-0.3, -0.25) is 14.4 Å². The summed E-state index contributed by atoms with van der Waals surface area (Å²) in [5.41, 5.74) is 0. The minimum absolute atomic E-state index is 0.0982. The Morgan fingerprint density at radius 3 is 0.958 bits per heavy atom. The third-order valence-corrected chi connectivity index (χ3v) is 13.5. The number of hydrogen-bond acceptors (Lipinski definition) is 6. The molecule has 0 aromatic rings. The molecular formula is C66H116O6. The van der Waals surface area contributed by atoms with E-state index in [-0.39, 0.29) is 37.5 Å². The summed E-state index contributed by atoms with van der Waals surface area (Å²) in [5, 5.41) is 0. The molecule has 0 aliphatic rings. The molecule has 416 valence electrons. The molecule has 1 atom stereocenters. The largest absolute Gasteiger partial charge is 0.462 e. The van der Waals surface area contributed by atoms with Crippen LogP contribution in [0.1, 0.15) is 310 Å². The van der Waals surface area contributed by atoms with E-state index >= 15 is 0 Å². The zero-order chi connectivity index (χ0) is 52.2. The molecule has 0 saturated heterocycles. The lowest BCUT2D eigenvalue weighted by atomic mass is 10.0. The molecule has 0 aromatic heterocycles. The normalized spacial score (nSPS) is 12.5. The first-order valence-corrected chi connectivity index (χ1v) is 30.9. The monoisotopic (exact) mass is 1000 g/mol. The maximum atomic E-state index is 12.9. The highest BCUT2D eigenvalue weighted by molar-refractivity contribution is 5.71. The van der Waals surface area contributed by atoms with Gasteiger partial charge in [0.2, 0.25) is 0 Å². The first kappa shape index (κ1) is 68.8. The summed E-state index contributed by atoms with van der Waals surface area (Å²) in [7, 11) is 0. The average Bonchev–Trinajstić information content (AvgIpc) is 3.38. The Labute approximate surface area is 446 Å². The first-order valence-electron chi connectivity index (χ1n) is 30.9. The summed E-state index contributed by atoms with van der Waals surface area (Å²) >= 11 is 0. The molecule has 0 heterocycles. The van der Waals surface area contributed by atoms with E-state index in [0.29, 0.717) is 19.3 Å². The summed E-state index contributed by atoms with van der Waals surface area (Å²) < 4.78 is 16.8. The van der Waals surface area contributed by atoms with Crippen LogP contribution in [0.5, 0.6) is 0 Å². The Morgan fingerprint density at radius 2 is 0.569 bits per heavy atom. The smallest absolute Gasteiger partial charge is 0.306 e. The number of rotatable bonds is 56. The molecule has 1 unspecified atom stereocenters. The molecule has 0 saturated carbocycles. The van der Waals surface area contributed by atoms with Gasteiger partial charge in [-0.2, -0.15) is 0 Å². The van der Waals surface area contributed by atoms with Gasteiger partial charge in [0.1, 0.15) is 13.2 Å². The molecule has 0 fully saturated rings. The van der Waals surface area contributed by atoms with Crippen molar-refractivity contribution in [1.29, 1.82) is 0 Å². The van der Waals surface area contributed by atoms with Crippen molar-refractivity contribution in [3.8, 4) is 0 Å². The van der Waals surface area contributed by atoms with Crippen LogP contribution in [-0.4, -0.2) is 37.2 Å². The van der Waals surface area contributed by atoms with E-state index in [4.69, 9.17) is 14.2 Å². The van der Waals surface area contributed by atoms with Crippen molar-refractivity contribution in [2.45, 2.75) is 316 Å². The first-order chi connectivity index (χ1) is 35.5. The van der Waals surface area contributed by atoms with Gasteiger partial charge in [0, 0.05) is 19.3 Å². The fraction of sp³-hybridized carbons (Fsp3) is 0.773. The van der Waals surface area contributed by atoms with E-state index in [0.717, 1.165) is 77.0 Å². The van der Waals surface area contributed by atoms with Gasteiger partial charge < -0.3 is 14.2 Å². The molecule has 6 nitrogen and oxygen atoms in total. The highest BCUT2D eigenvalue weighted by Crippen LogP contribution is 2.17. The zero-order valence-electron chi connectivity index (χ0n) is 47.7. The minimum atomic E-state index is -0.808. The Hall–Kier alpha value is -3.15. The van der Waals surface area contributed by atoms with Gasteiger partial charge in [0.15, 0.2) is 6.10 Å². The highest BCUT2D eigenvalue weighted by Gasteiger charge is 2.19. The van der Waals surface area contributed by atoms with Crippen LogP contribution in [-0.2, 0) is 28.6 Å². The van der Waals surface area contributed by atoms with Gasteiger partial charge in [-0.1, -0.05) is 286 Å². The molecule has 0 rings (SSSR count). The summed E-state index contributed by atoms with van der Waals surface area (Å²) in [6.45, 7) is 6.46. The fourth-order valence-electron chi connectivity index (χ4n) is 8.84. The Balaban J connectivity index is 4.32. The van der Waals surface area contributed by atoms with E-state index in [1.54, 1.807) is 0 Å². The van der Waals surface area contributed by atoms with Crippen LogP contribution in [0.4, 0.5) is 0 Å². The summed E-state index contributed by atoms with van der Waals surface area (Å²) in [6.07, 6.45) is 77.9. The maximum Gasteiger partial charge on any atom is 0.306 e. The summed E-state index contributed by atoms with van der Waals surface area (Å²) in [6, 6.07) is 0. The van der Waals surface area contributed by atoms with Gasteiger partial charge in [-0.15, -0.1) is 0 Å². The predicted octanol–water partition coefficient (Wildman–Crippen LogP) is 20.9. The van der Waals surface area contributed by atoms with Gasteiger partial charge in [-0.25, -0.2) is 0 Å². The van der Waals surface area contributed by atoms with E-state index in [2.05, 4.69) is 87.6 Å². The molecule has 0 radical (unpaired) electrons. The van der Waals surface area contributed by atoms with Crippen molar-refractivity contribution < 1.29 is 28.6 Å². The molecule has 0 spiro atoms. The summed E-state index contributed by atoms with van der Waals surface area (Å²) in [4.78, 5) is 38.2. The number of carbonyl (C=O) groups excluding carboxylic acids is 3. The van der Waals surface area contributed by atoms with Crippen LogP contribution in [0.3, 0.4) is 0 Å². The molecule has 0 aliphatic carbocycles. The summed E-state index contributed by atoms with van der Waals surface area (Å²) in [5.74, 6) is -0.979. The highest BCUT2D eigenvalue weighted by atomic mass is 16.6. The number of carbonyl (C=O) groups is 3. The van der Waals surface area contributed by atoms with Crippen LogP contribution in [0.2, 0.25) is 0 Å². The van der Waals surface area contributed by atoms with Gasteiger partial charge in [0.25, 0.3) is 0 Å². The average molecular weight is 1010 g/mol. The molecular weight excluding hydrogens is 889 g/mol. The second-order valence-corrected chi connectivity index (χ2v) is 20.6. The van der Waals surface area contributed by atoms with E-state index in [1.165, 1.54) is 186 Å². The number of hydrogen-bond donors (Lipinski definition) is 0. The molecule has 72 heavy (non-hydrogen) atoms. The zero-order valence-corrected chi connectivity index (χ0v) is 47.7. The molecule has 0 aromatic carbocycles. The van der Waals surface area contributed by atoms with Crippen LogP contribution in [0.25, 0.3) is 0 Å². The van der Waals surface area contributed by atoms with Gasteiger partial charge in [0.05, 0.1) is 0 Å². The fourth-order valence-corrected chi connectivity index (χ4v) is 8.84. The second kappa shape index (κ2) is 60.4. The quantitative estimate of drug-likeness (QED) is 0.0261. The van der Waals surface area contributed by atoms with Gasteiger partial charge in [-0.05, 0) is 77.0 Å². The molecule has 0 amide bonds. The van der Waals surface area contributed by atoms with Crippen molar-refractivity contribution in [2.75, 3.05) is 13.2 Å². The van der Waals surface area contributed by atoms with Crippen molar-refractivity contribution in [2.24, 2.45) is 0 Å². The third kappa shape index (κ3) is 57.7. The van der Waals surface area contributed by atoms with E-state index in [9.17, 15) is 14.4 Å². The number of allylic oxidation sites excluding steroid dienone is 12. The standard InChI is InChI=1S/C66H116O6/c1-4-7-10-13-16-19-22-25-27-29-30-31-32-33-34-35-37-38-41-44-47-50-53-56-59-65(68)71-62-63(61-70-64(67)58-55-52-49-46-43-40-24-21-18-15-12-9-6-3)72-66(69)60-57-54-51-48-45-42-39-36-28-26-23-20-17-14-11-8-5-2/h9,12,17-18,20-21,26,28,40,43,49,52,63H,4-8,10-11,13-16,19,22-25,27,29-39,41-42,44-48,50-51,53-62H2,1-3H3/b12-9-,20-17-,21-18-,28-26-,43-40-,52-49-. The van der Waals surface area contributed by atoms with E-state index < -0.39 is 6.10 Å². The lowest BCUT2D eigenvalue weighted by Crippen LogP contribution is -2.30. The van der Waals surface area contributed by atoms with Crippen LogP contribution >= 0.6 is 0 Å². The number of esters is 3. The molecule has 6 heteroatoms. The molecule has 0 aliphatic heterocycles. The maximum absolute atomic E-state index is 12.9. The third-order valence-electron chi connectivity index (χ3n) is 13.5. The molecule has 0 bridgehead atoms. The lowest BCUT2D eigenvalue weighted by molar-refractivity contribution is -0.166. The predicted molar refractivity (Wildman–Crippen MR) is 311 cm³/mol. The SMILES string of the molecule is CC/C=C\C/C=C\C/C=C\C/C=C\CCC(=O)OCC(COC(=O)CCCCCCCCCCCCCCCCCCCCCCCCCC)OC(=O)CCCCCCCCC/C=C\C/C=C\CCCCC. The van der Waals surface area contributed by atoms with Crippen molar-refractivity contribution in [1.82, 2.24) is 0 Å². The van der Waals surface area contributed by atoms with Crippen LogP contribution < -0.4 is 0 Å². The van der Waals surface area contributed by atoms with Crippen molar-refractivity contribution in [3.63, 3.8) is 0 Å². The van der Waals surface area contributed by atoms with Crippen LogP contribution in [0.15, 0.2) is 72.9 Å². The second-order valence-electron chi connectivity index (χ2n) is 20.6. The van der Waals surface area contributed by atoms with Crippen molar-refractivity contribution in [3.05, 3.63) is 72.9 Å². The number of ether oxygens (including phenoxy) is 3. The minimum Gasteiger partial charge on any atom is -0.462 e. The van der Waals surface area contributed by atoms with Crippen molar-refractivity contribution >= 4 is 17.9 Å². The molecule has 0 N–H and O–H groups in total. The Morgan fingerprint density at radius 1 is 0.292 bits per heavy atom. The topological polar surface area (TPSA) is 78.9 Å². The Kier molecular flexibility index (Phi) is 57.8. The number of unbranched alkanes of at least 4 members (excludes halogenated alkanes) is 33.